The van der Waals surface area contributed by atoms with E-state index in [0.29, 0.717) is 0 Å². The maximum absolute atomic E-state index is 12.7. The van der Waals surface area contributed by atoms with E-state index < -0.39 is 0 Å². The number of thiophene rings is 1. The predicted molar refractivity (Wildman–Crippen MR) is 99.9 cm³/mol. The van der Waals surface area contributed by atoms with Crippen LogP contribution in [-0.4, -0.2) is 39.1 Å². The minimum absolute atomic E-state index is 0.0836. The zero-order valence-electron chi connectivity index (χ0n) is 14.3. The summed E-state index contributed by atoms with van der Waals surface area (Å²) >= 11 is 3.45. The number of hydrogen-bond donors (Lipinski definition) is 0. The van der Waals surface area contributed by atoms with Crippen molar-refractivity contribution >= 4 is 39.2 Å². The highest BCUT2D eigenvalue weighted by atomic mass is 32.2. The predicted octanol–water partition coefficient (Wildman–Crippen LogP) is 3.98. The molecule has 0 unspecified atom stereocenters. The minimum atomic E-state index is -0.0836. The molecule has 3 heterocycles. The summed E-state index contributed by atoms with van der Waals surface area (Å²) in [6.07, 6.45) is 7.10. The molecule has 0 saturated carbocycles. The van der Waals surface area contributed by atoms with Crippen molar-refractivity contribution in [3.05, 3.63) is 16.3 Å². The highest BCUT2D eigenvalue weighted by Gasteiger charge is 2.27. The first-order valence-electron chi connectivity index (χ1n) is 8.88. The molecule has 1 amide bonds. The molecule has 2 aromatic rings. The van der Waals surface area contributed by atoms with E-state index >= 15 is 0 Å². The summed E-state index contributed by atoms with van der Waals surface area (Å²) in [7, 11) is 0. The van der Waals surface area contributed by atoms with Gasteiger partial charge >= 0.3 is 0 Å². The van der Waals surface area contributed by atoms with Gasteiger partial charge in [0.2, 0.25) is 5.91 Å². The fourth-order valence-corrected chi connectivity index (χ4v) is 6.20. The molecule has 2 aromatic heterocycles. The Hall–Kier alpha value is -1.14. The molecule has 1 fully saturated rings. The molecule has 2 aliphatic rings. The van der Waals surface area contributed by atoms with Crippen LogP contribution in [0.25, 0.3) is 10.2 Å². The lowest BCUT2D eigenvalue weighted by molar-refractivity contribution is -0.129. The second-order valence-corrected chi connectivity index (χ2v) is 9.17. The Bertz CT molecular complexity index is 780. The summed E-state index contributed by atoms with van der Waals surface area (Å²) in [4.78, 5) is 26.6. The lowest BCUT2D eigenvalue weighted by Gasteiger charge is -2.20. The molecule has 0 N–H and O–H groups in total. The topological polar surface area (TPSA) is 46.1 Å². The van der Waals surface area contributed by atoms with Gasteiger partial charge in [0.1, 0.15) is 15.7 Å². The van der Waals surface area contributed by atoms with Crippen LogP contribution in [0.5, 0.6) is 0 Å². The molecular weight excluding hydrogens is 338 g/mol. The molecule has 1 saturated heterocycles. The Morgan fingerprint density at radius 1 is 1.17 bits per heavy atom. The average molecular weight is 362 g/mol. The van der Waals surface area contributed by atoms with E-state index in [-0.39, 0.29) is 11.2 Å². The third-order valence-electron chi connectivity index (χ3n) is 4.95. The van der Waals surface area contributed by atoms with Crippen molar-refractivity contribution < 1.29 is 4.79 Å². The number of likely N-dealkylation sites (tertiary alicyclic amines) is 1. The zero-order chi connectivity index (χ0) is 16.7. The van der Waals surface area contributed by atoms with E-state index in [1.807, 2.05) is 30.1 Å². The summed E-state index contributed by atoms with van der Waals surface area (Å²) in [6.45, 7) is 5.80. The van der Waals surface area contributed by atoms with Gasteiger partial charge in [-0.2, -0.15) is 0 Å². The Kier molecular flexibility index (Phi) is 4.52. The van der Waals surface area contributed by atoms with Crippen molar-refractivity contribution in [3.63, 3.8) is 0 Å². The summed E-state index contributed by atoms with van der Waals surface area (Å²) in [5, 5.41) is 2.16. The molecule has 24 heavy (non-hydrogen) atoms. The average Bonchev–Trinajstić information content (AvgIpc) is 3.21. The molecule has 128 valence electrons. The van der Waals surface area contributed by atoms with Crippen LogP contribution in [0.4, 0.5) is 0 Å². The molecule has 1 aliphatic heterocycles. The van der Waals surface area contributed by atoms with Gasteiger partial charge in [-0.1, -0.05) is 11.8 Å². The Labute approximate surface area is 151 Å². The molecule has 1 aliphatic carbocycles. The second kappa shape index (κ2) is 6.64. The lowest BCUT2D eigenvalue weighted by Crippen LogP contribution is -2.34. The summed E-state index contributed by atoms with van der Waals surface area (Å²) < 4.78 is 0. The smallest absolute Gasteiger partial charge is 0.235 e. The van der Waals surface area contributed by atoms with Gasteiger partial charge in [0.25, 0.3) is 0 Å². The number of fused-ring (bicyclic) bond motifs is 3. The number of rotatable bonds is 3. The number of nitrogens with zero attached hydrogens (tertiary/aromatic N) is 3. The normalized spacial score (nSPS) is 18.8. The monoisotopic (exact) mass is 361 g/mol. The van der Waals surface area contributed by atoms with Crippen LogP contribution in [0.1, 0.15) is 48.9 Å². The van der Waals surface area contributed by atoms with Gasteiger partial charge in [0.05, 0.1) is 5.25 Å². The van der Waals surface area contributed by atoms with E-state index in [0.717, 1.165) is 48.0 Å². The van der Waals surface area contributed by atoms with Gasteiger partial charge in [-0.25, -0.2) is 9.97 Å². The van der Waals surface area contributed by atoms with Gasteiger partial charge < -0.3 is 4.90 Å². The zero-order valence-corrected chi connectivity index (χ0v) is 15.9. The number of carbonyl (C=O) groups is 1. The number of amides is 1. The summed E-state index contributed by atoms with van der Waals surface area (Å²) in [5.41, 5.74) is 1.45. The van der Waals surface area contributed by atoms with Crippen LogP contribution in [0.15, 0.2) is 5.03 Å². The van der Waals surface area contributed by atoms with Crippen molar-refractivity contribution in [2.24, 2.45) is 0 Å². The third-order valence-corrected chi connectivity index (χ3v) is 7.21. The Morgan fingerprint density at radius 3 is 2.71 bits per heavy atom. The van der Waals surface area contributed by atoms with Gasteiger partial charge in [0, 0.05) is 23.4 Å². The molecule has 0 bridgehead atoms. The first kappa shape index (κ1) is 16.3. The maximum Gasteiger partial charge on any atom is 0.235 e. The van der Waals surface area contributed by atoms with E-state index in [9.17, 15) is 4.79 Å². The molecular formula is C18H23N3OS2. The number of carbonyl (C=O) groups excluding carboxylic acids is 1. The first-order valence-corrected chi connectivity index (χ1v) is 10.6. The highest BCUT2D eigenvalue weighted by Crippen LogP contribution is 2.40. The number of thioether (sulfide) groups is 1. The molecule has 4 nitrogen and oxygen atoms in total. The second-order valence-electron chi connectivity index (χ2n) is 6.76. The maximum atomic E-state index is 12.7. The standard InChI is InChI=1S/C18H23N3OS2/c1-11(18(22)21-9-5-6-10-21)23-16-15-13-7-3-4-8-14(13)24-17(15)20-12(2)19-16/h11H,3-10H2,1-2H3/t11-/m1/s1. The van der Waals surface area contributed by atoms with Crippen molar-refractivity contribution in [1.82, 2.24) is 14.9 Å². The van der Waals surface area contributed by atoms with E-state index in [2.05, 4.69) is 4.98 Å². The SMILES string of the molecule is Cc1nc(S[C@H](C)C(=O)N2CCCC2)c2c3c(sc2n1)CCCC3. The molecule has 4 rings (SSSR count). The Balaban J connectivity index is 1.67. The van der Waals surface area contributed by atoms with Crippen molar-refractivity contribution in [2.75, 3.05) is 13.1 Å². The Morgan fingerprint density at radius 2 is 1.92 bits per heavy atom. The number of aryl methyl sites for hydroxylation is 3. The van der Waals surface area contributed by atoms with E-state index in [4.69, 9.17) is 4.98 Å². The van der Waals surface area contributed by atoms with Crippen LogP contribution in [0, 0.1) is 6.92 Å². The molecule has 0 spiro atoms. The number of hydrogen-bond acceptors (Lipinski definition) is 5. The van der Waals surface area contributed by atoms with Gasteiger partial charge in [0.15, 0.2) is 0 Å². The van der Waals surface area contributed by atoms with Gasteiger partial charge in [-0.05, 0) is 57.9 Å². The molecule has 1 atom stereocenters. The minimum Gasteiger partial charge on any atom is -0.342 e. The highest BCUT2D eigenvalue weighted by molar-refractivity contribution is 8.00. The van der Waals surface area contributed by atoms with Crippen molar-refractivity contribution in [2.45, 2.75) is 62.6 Å². The quantitative estimate of drug-likeness (QED) is 0.613. The third kappa shape index (κ3) is 2.94. The van der Waals surface area contributed by atoms with Gasteiger partial charge in [-0.3, -0.25) is 4.79 Å². The molecule has 0 aromatic carbocycles. The van der Waals surface area contributed by atoms with E-state index in [1.54, 1.807) is 11.8 Å². The van der Waals surface area contributed by atoms with Gasteiger partial charge in [-0.15, -0.1) is 11.3 Å². The molecule has 6 heteroatoms. The van der Waals surface area contributed by atoms with Crippen LogP contribution in [-0.2, 0) is 17.6 Å². The summed E-state index contributed by atoms with van der Waals surface area (Å²) in [5.74, 6) is 1.07. The van der Waals surface area contributed by atoms with Crippen LogP contribution in [0.2, 0.25) is 0 Å². The van der Waals surface area contributed by atoms with Crippen LogP contribution >= 0.6 is 23.1 Å². The largest absolute Gasteiger partial charge is 0.342 e. The van der Waals surface area contributed by atoms with Crippen LogP contribution in [0.3, 0.4) is 0 Å². The molecule has 0 radical (unpaired) electrons. The fourth-order valence-electron chi connectivity index (χ4n) is 3.72. The van der Waals surface area contributed by atoms with Crippen LogP contribution < -0.4 is 0 Å². The first-order chi connectivity index (χ1) is 11.6. The summed E-state index contributed by atoms with van der Waals surface area (Å²) in [6, 6.07) is 0. The van der Waals surface area contributed by atoms with E-state index in [1.165, 1.54) is 35.1 Å². The fraction of sp³-hybridized carbons (Fsp3) is 0.611. The lowest BCUT2D eigenvalue weighted by atomic mass is 9.97. The van der Waals surface area contributed by atoms with Crippen molar-refractivity contribution in [1.29, 1.82) is 0 Å². The van der Waals surface area contributed by atoms with Crippen molar-refractivity contribution in [3.8, 4) is 0 Å². The number of aromatic nitrogens is 2.